The van der Waals surface area contributed by atoms with Gasteiger partial charge in [-0.2, -0.15) is 0 Å². The molecule has 150 valence electrons. The predicted molar refractivity (Wildman–Crippen MR) is 116 cm³/mol. The second-order valence-corrected chi connectivity index (χ2v) is 7.50. The summed E-state index contributed by atoms with van der Waals surface area (Å²) >= 11 is 3.43. The van der Waals surface area contributed by atoms with E-state index in [0.717, 1.165) is 0 Å². The zero-order chi connectivity index (χ0) is 21.1. The highest BCUT2D eigenvalue weighted by molar-refractivity contribution is 9.09. The van der Waals surface area contributed by atoms with E-state index in [-0.39, 0.29) is 5.33 Å². The summed E-state index contributed by atoms with van der Waals surface area (Å²) in [6, 6.07) is 23.8. The molecule has 5 nitrogen and oxygen atoms in total. The number of ether oxygens (including phenoxy) is 1. The summed E-state index contributed by atoms with van der Waals surface area (Å²) in [5.74, 6) is -1.31. The number of alkyl halides is 1. The summed E-state index contributed by atoms with van der Waals surface area (Å²) in [5, 5.41) is 0.250. The molecule has 0 fully saturated rings. The molecule has 0 N–H and O–H groups in total. The lowest BCUT2D eigenvalue weighted by Gasteiger charge is -2.32. The number of hydrogen-bond donors (Lipinski definition) is 0. The third kappa shape index (κ3) is 3.66. The number of rotatable bonds is 6. The second-order valence-electron chi connectivity index (χ2n) is 6.85. The van der Waals surface area contributed by atoms with Gasteiger partial charge in [0.25, 0.3) is 11.8 Å². The number of halogens is 1. The van der Waals surface area contributed by atoms with Crippen LogP contribution in [0.1, 0.15) is 42.7 Å². The van der Waals surface area contributed by atoms with Crippen LogP contribution in [-0.2, 0) is 4.74 Å². The van der Waals surface area contributed by atoms with Crippen molar-refractivity contribution in [2.75, 3.05) is 5.33 Å². The van der Waals surface area contributed by atoms with Crippen LogP contribution in [0.15, 0.2) is 84.9 Å². The summed E-state index contributed by atoms with van der Waals surface area (Å²) in [7, 11) is 0. The molecule has 3 aromatic rings. The molecule has 4 rings (SSSR count). The summed E-state index contributed by atoms with van der Waals surface area (Å²) in [6.45, 7) is 0. The topological polar surface area (TPSA) is 63.7 Å². The van der Waals surface area contributed by atoms with Crippen molar-refractivity contribution in [3.05, 3.63) is 107 Å². The highest BCUT2D eigenvalue weighted by atomic mass is 79.9. The fourth-order valence-electron chi connectivity index (χ4n) is 3.56. The molecule has 1 aliphatic rings. The van der Waals surface area contributed by atoms with Gasteiger partial charge in [0.1, 0.15) is 6.10 Å². The van der Waals surface area contributed by atoms with Gasteiger partial charge in [0.15, 0.2) is 0 Å². The molecule has 0 saturated carbocycles. The molecule has 0 saturated heterocycles. The minimum absolute atomic E-state index is 0.250. The monoisotopic (exact) mass is 463 g/mol. The minimum Gasteiger partial charge on any atom is -0.452 e. The molecule has 1 heterocycles. The third-order valence-corrected chi connectivity index (χ3v) is 5.70. The van der Waals surface area contributed by atoms with Gasteiger partial charge in [-0.15, -0.1) is 0 Å². The second kappa shape index (κ2) is 8.63. The van der Waals surface area contributed by atoms with E-state index in [4.69, 9.17) is 4.74 Å². The molecule has 0 aromatic heterocycles. The van der Waals surface area contributed by atoms with Gasteiger partial charge < -0.3 is 4.74 Å². The molecular weight excluding hydrogens is 446 g/mol. The van der Waals surface area contributed by atoms with Crippen LogP contribution in [-0.4, -0.2) is 34.1 Å². The van der Waals surface area contributed by atoms with Crippen molar-refractivity contribution < 1.29 is 19.1 Å². The van der Waals surface area contributed by atoms with Crippen molar-refractivity contribution in [3.63, 3.8) is 0 Å². The molecule has 2 amide bonds. The number of esters is 1. The van der Waals surface area contributed by atoms with Crippen LogP contribution in [0.25, 0.3) is 0 Å². The number of benzene rings is 3. The zero-order valence-corrected chi connectivity index (χ0v) is 17.5. The average molecular weight is 464 g/mol. The quantitative estimate of drug-likeness (QED) is 0.303. The number of carbonyl (C=O) groups excluding carboxylic acids is 3. The highest BCUT2D eigenvalue weighted by Crippen LogP contribution is 2.33. The van der Waals surface area contributed by atoms with E-state index in [1.165, 1.54) is 4.90 Å². The minimum atomic E-state index is -0.833. The molecule has 3 aromatic carbocycles. The van der Waals surface area contributed by atoms with Crippen LogP contribution in [0, 0.1) is 0 Å². The molecule has 0 spiro atoms. The van der Waals surface area contributed by atoms with Crippen molar-refractivity contribution in [2.24, 2.45) is 0 Å². The first-order valence-electron chi connectivity index (χ1n) is 9.45. The lowest BCUT2D eigenvalue weighted by atomic mass is 10.0. The summed E-state index contributed by atoms with van der Waals surface area (Å²) in [6.07, 6.45) is -0.833. The smallest absolute Gasteiger partial charge is 0.338 e. The fraction of sp³-hybridized carbons (Fsp3) is 0.125. The lowest BCUT2D eigenvalue weighted by molar-refractivity contribution is 0.00506. The largest absolute Gasteiger partial charge is 0.452 e. The van der Waals surface area contributed by atoms with E-state index in [1.54, 1.807) is 48.5 Å². The van der Waals surface area contributed by atoms with Gasteiger partial charge in [-0.3, -0.25) is 14.5 Å². The van der Waals surface area contributed by atoms with Crippen LogP contribution in [0.4, 0.5) is 0 Å². The van der Waals surface area contributed by atoms with E-state index in [0.29, 0.717) is 22.3 Å². The Labute approximate surface area is 182 Å². The number of fused-ring (bicyclic) bond motifs is 1. The van der Waals surface area contributed by atoms with Gasteiger partial charge in [-0.1, -0.05) is 76.6 Å². The van der Waals surface area contributed by atoms with E-state index in [9.17, 15) is 14.4 Å². The van der Waals surface area contributed by atoms with Gasteiger partial charge in [-0.25, -0.2) is 4.79 Å². The molecule has 2 atom stereocenters. The molecule has 6 heteroatoms. The number of carbonyl (C=O) groups is 3. The van der Waals surface area contributed by atoms with Crippen molar-refractivity contribution in [1.82, 2.24) is 4.90 Å². The van der Waals surface area contributed by atoms with E-state index >= 15 is 0 Å². The van der Waals surface area contributed by atoms with E-state index < -0.39 is 29.9 Å². The van der Waals surface area contributed by atoms with Gasteiger partial charge >= 0.3 is 5.97 Å². The summed E-state index contributed by atoms with van der Waals surface area (Å²) < 4.78 is 5.87. The highest BCUT2D eigenvalue weighted by Gasteiger charge is 2.44. The van der Waals surface area contributed by atoms with Crippen molar-refractivity contribution in [1.29, 1.82) is 0 Å². The Morgan fingerprint density at radius 2 is 1.30 bits per heavy atom. The number of amides is 2. The van der Waals surface area contributed by atoms with Gasteiger partial charge in [0.05, 0.1) is 22.7 Å². The Kier molecular flexibility index (Phi) is 5.77. The normalized spacial score (nSPS) is 14.9. The Bertz CT molecular complexity index is 1050. The number of nitrogens with zero attached hydrogens (tertiary/aromatic N) is 1. The van der Waals surface area contributed by atoms with Crippen LogP contribution in [0.3, 0.4) is 0 Å². The number of imide groups is 1. The van der Waals surface area contributed by atoms with Gasteiger partial charge in [-0.05, 0) is 29.8 Å². The first-order chi connectivity index (χ1) is 14.6. The van der Waals surface area contributed by atoms with Gasteiger partial charge in [0, 0.05) is 5.33 Å². The van der Waals surface area contributed by atoms with Crippen molar-refractivity contribution in [2.45, 2.75) is 12.1 Å². The van der Waals surface area contributed by atoms with E-state index in [1.807, 2.05) is 36.4 Å². The molecule has 0 bridgehead atoms. The third-order valence-electron chi connectivity index (χ3n) is 5.04. The standard InChI is InChI=1S/C24H18BrNO4/c25-15-20(26-22(27)18-13-7-8-14-19(18)23(26)28)21(16-9-3-1-4-10-16)30-24(29)17-11-5-2-6-12-17/h1-14,20-21H,15H2/t20-,21-/m0/s1. The van der Waals surface area contributed by atoms with Crippen molar-refractivity contribution in [3.8, 4) is 0 Å². The Morgan fingerprint density at radius 3 is 1.83 bits per heavy atom. The molecular formula is C24H18BrNO4. The van der Waals surface area contributed by atoms with Gasteiger partial charge in [0.2, 0.25) is 0 Å². The molecule has 1 aliphatic heterocycles. The molecule has 0 aliphatic carbocycles. The molecule has 0 radical (unpaired) electrons. The Morgan fingerprint density at radius 1 is 0.800 bits per heavy atom. The summed E-state index contributed by atoms with van der Waals surface area (Å²) in [5.41, 5.74) is 1.81. The Balaban J connectivity index is 1.72. The molecule has 30 heavy (non-hydrogen) atoms. The maximum absolute atomic E-state index is 13.0. The lowest BCUT2D eigenvalue weighted by Crippen LogP contribution is -2.45. The summed E-state index contributed by atoms with van der Waals surface area (Å²) in [4.78, 5) is 40.1. The van der Waals surface area contributed by atoms with Crippen LogP contribution < -0.4 is 0 Å². The maximum Gasteiger partial charge on any atom is 0.338 e. The maximum atomic E-state index is 13.0. The van der Waals surface area contributed by atoms with E-state index in [2.05, 4.69) is 15.9 Å². The fourth-order valence-corrected chi connectivity index (χ4v) is 4.19. The van der Waals surface area contributed by atoms with Crippen LogP contribution >= 0.6 is 15.9 Å². The average Bonchev–Trinajstić information content (AvgIpc) is 3.05. The Hall–Kier alpha value is -3.25. The zero-order valence-electron chi connectivity index (χ0n) is 15.9. The SMILES string of the molecule is O=C(O[C@@H](c1ccccc1)[C@H](CBr)N1C(=O)c2ccccc2C1=O)c1ccccc1. The number of hydrogen-bond acceptors (Lipinski definition) is 4. The first kappa shape index (κ1) is 20.0. The molecule has 0 unspecified atom stereocenters. The first-order valence-corrected chi connectivity index (χ1v) is 10.6. The van der Waals surface area contributed by atoms with Crippen molar-refractivity contribution >= 4 is 33.7 Å². The van der Waals surface area contributed by atoms with Crippen LogP contribution in [0.5, 0.6) is 0 Å². The van der Waals surface area contributed by atoms with Crippen LogP contribution in [0.2, 0.25) is 0 Å². The predicted octanol–water partition coefficient (Wildman–Crippen LogP) is 4.64.